The minimum absolute atomic E-state index is 0.0673. The van der Waals surface area contributed by atoms with E-state index in [0.29, 0.717) is 25.1 Å². The maximum Gasteiger partial charge on any atom is 0.224 e. The Kier molecular flexibility index (Phi) is 6.52. The van der Waals surface area contributed by atoms with Crippen LogP contribution in [0.4, 0.5) is 0 Å². The normalized spacial score (nSPS) is 22.5. The maximum absolute atomic E-state index is 11.8. The molecule has 0 bridgehead atoms. The van der Waals surface area contributed by atoms with Gasteiger partial charge in [-0.3, -0.25) is 4.79 Å². The number of ether oxygens (including phenoxy) is 1. The number of carbonyl (C=O) groups is 1. The summed E-state index contributed by atoms with van der Waals surface area (Å²) in [4.78, 5) is 11.8. The number of carbonyl (C=O) groups excluding carboxylic acids is 1. The molecule has 0 aliphatic carbocycles. The van der Waals surface area contributed by atoms with Gasteiger partial charge in [-0.05, 0) is 31.6 Å². The lowest BCUT2D eigenvalue weighted by Gasteiger charge is -2.23. The van der Waals surface area contributed by atoms with E-state index in [-0.39, 0.29) is 11.8 Å². The molecule has 1 aliphatic rings. The fourth-order valence-electron chi connectivity index (χ4n) is 2.20. The zero-order chi connectivity index (χ0) is 12.7. The van der Waals surface area contributed by atoms with Crippen LogP contribution in [0.15, 0.2) is 0 Å². The highest BCUT2D eigenvalue weighted by molar-refractivity contribution is 5.79. The van der Waals surface area contributed by atoms with Gasteiger partial charge in [-0.1, -0.05) is 13.8 Å². The molecular formula is C13H26N2O2. The summed E-state index contributed by atoms with van der Waals surface area (Å²) in [6.07, 6.45) is 4.79. The monoisotopic (exact) mass is 242 g/mol. The first kappa shape index (κ1) is 14.5. The second-order valence-corrected chi connectivity index (χ2v) is 5.15. The predicted octanol–water partition coefficient (Wildman–Crippen LogP) is 1.29. The van der Waals surface area contributed by atoms with Crippen LogP contribution in [0, 0.1) is 11.8 Å². The number of rotatable bonds is 6. The molecule has 3 N–H and O–H groups in total. The van der Waals surface area contributed by atoms with Gasteiger partial charge in [-0.15, -0.1) is 0 Å². The summed E-state index contributed by atoms with van der Waals surface area (Å²) in [6.45, 7) is 6.05. The van der Waals surface area contributed by atoms with Gasteiger partial charge in [0.15, 0.2) is 0 Å². The molecule has 1 aliphatic heterocycles. The van der Waals surface area contributed by atoms with E-state index in [2.05, 4.69) is 5.32 Å². The summed E-state index contributed by atoms with van der Waals surface area (Å²) in [6, 6.07) is 0. The van der Waals surface area contributed by atoms with Gasteiger partial charge in [0.1, 0.15) is 0 Å². The zero-order valence-electron chi connectivity index (χ0n) is 11.1. The Morgan fingerprint density at radius 3 is 2.76 bits per heavy atom. The Morgan fingerprint density at radius 1 is 1.47 bits per heavy atom. The summed E-state index contributed by atoms with van der Waals surface area (Å²) in [7, 11) is 0. The molecule has 2 atom stereocenters. The van der Waals surface area contributed by atoms with Crippen LogP contribution in [0.5, 0.6) is 0 Å². The Labute approximate surface area is 104 Å². The van der Waals surface area contributed by atoms with Crippen molar-refractivity contribution in [2.24, 2.45) is 17.6 Å². The fourth-order valence-corrected chi connectivity index (χ4v) is 2.20. The Morgan fingerprint density at radius 2 is 2.24 bits per heavy atom. The summed E-state index contributed by atoms with van der Waals surface area (Å²) in [5.74, 6) is 0.312. The van der Waals surface area contributed by atoms with E-state index < -0.39 is 0 Å². The second kappa shape index (κ2) is 7.67. The van der Waals surface area contributed by atoms with Crippen LogP contribution in [0.25, 0.3) is 0 Å². The molecule has 2 unspecified atom stereocenters. The van der Waals surface area contributed by atoms with Gasteiger partial charge < -0.3 is 15.8 Å². The number of nitrogens with one attached hydrogen (secondary N) is 1. The average molecular weight is 242 g/mol. The zero-order valence-corrected chi connectivity index (χ0v) is 11.1. The Hall–Kier alpha value is -0.610. The Balaban J connectivity index is 2.18. The van der Waals surface area contributed by atoms with E-state index in [4.69, 9.17) is 10.5 Å². The minimum atomic E-state index is -0.0673. The molecule has 100 valence electrons. The first-order valence-corrected chi connectivity index (χ1v) is 6.74. The third-order valence-electron chi connectivity index (χ3n) is 3.43. The molecule has 1 fully saturated rings. The lowest BCUT2D eigenvalue weighted by Crippen LogP contribution is -2.39. The molecule has 1 heterocycles. The van der Waals surface area contributed by atoms with Gasteiger partial charge >= 0.3 is 0 Å². The van der Waals surface area contributed by atoms with Crippen molar-refractivity contribution < 1.29 is 9.53 Å². The van der Waals surface area contributed by atoms with Crippen molar-refractivity contribution in [3.05, 3.63) is 0 Å². The van der Waals surface area contributed by atoms with E-state index in [9.17, 15) is 4.79 Å². The van der Waals surface area contributed by atoms with Crippen molar-refractivity contribution in [1.82, 2.24) is 5.32 Å². The summed E-state index contributed by atoms with van der Waals surface area (Å²) < 4.78 is 5.62. The molecule has 1 amide bonds. The molecule has 1 rings (SSSR count). The highest BCUT2D eigenvalue weighted by Crippen LogP contribution is 2.15. The van der Waals surface area contributed by atoms with E-state index in [1.165, 1.54) is 12.8 Å². The molecule has 0 aromatic rings. The maximum atomic E-state index is 11.8. The number of nitrogens with two attached hydrogens (primary N) is 1. The molecule has 0 saturated carbocycles. The van der Waals surface area contributed by atoms with Gasteiger partial charge in [-0.25, -0.2) is 0 Å². The number of hydrogen-bond acceptors (Lipinski definition) is 3. The third-order valence-corrected chi connectivity index (χ3v) is 3.43. The van der Waals surface area contributed by atoms with Crippen LogP contribution < -0.4 is 11.1 Å². The highest BCUT2D eigenvalue weighted by atomic mass is 16.5. The predicted molar refractivity (Wildman–Crippen MR) is 68.6 cm³/mol. The average Bonchev–Trinajstić information content (AvgIpc) is 2.30. The molecule has 0 spiro atoms. The van der Waals surface area contributed by atoms with Crippen molar-refractivity contribution in [3.8, 4) is 0 Å². The van der Waals surface area contributed by atoms with Crippen LogP contribution in [0.2, 0.25) is 0 Å². The summed E-state index contributed by atoms with van der Waals surface area (Å²) in [5.41, 5.74) is 5.60. The van der Waals surface area contributed by atoms with Gasteiger partial charge in [-0.2, -0.15) is 0 Å². The van der Waals surface area contributed by atoms with Crippen LogP contribution in [0.1, 0.15) is 39.5 Å². The van der Waals surface area contributed by atoms with Gasteiger partial charge in [0.25, 0.3) is 0 Å². The number of hydrogen-bond donors (Lipinski definition) is 2. The van der Waals surface area contributed by atoms with Crippen molar-refractivity contribution in [2.45, 2.75) is 45.6 Å². The van der Waals surface area contributed by atoms with Crippen LogP contribution in [-0.2, 0) is 9.53 Å². The van der Waals surface area contributed by atoms with E-state index in [0.717, 1.165) is 19.4 Å². The first-order valence-electron chi connectivity index (χ1n) is 6.74. The highest BCUT2D eigenvalue weighted by Gasteiger charge is 2.20. The van der Waals surface area contributed by atoms with Crippen LogP contribution >= 0.6 is 0 Å². The Bertz CT molecular complexity index is 225. The van der Waals surface area contributed by atoms with Crippen LogP contribution in [0.3, 0.4) is 0 Å². The molecule has 4 nitrogen and oxygen atoms in total. The third kappa shape index (κ3) is 5.04. The molecule has 4 heteroatoms. The van der Waals surface area contributed by atoms with Crippen molar-refractivity contribution in [2.75, 3.05) is 19.7 Å². The lowest BCUT2D eigenvalue weighted by atomic mass is 9.95. The van der Waals surface area contributed by atoms with E-state index >= 15 is 0 Å². The van der Waals surface area contributed by atoms with Gasteiger partial charge in [0, 0.05) is 19.7 Å². The lowest BCUT2D eigenvalue weighted by molar-refractivity contribution is -0.126. The van der Waals surface area contributed by atoms with E-state index in [1.807, 2.05) is 13.8 Å². The smallest absolute Gasteiger partial charge is 0.224 e. The largest absolute Gasteiger partial charge is 0.378 e. The van der Waals surface area contributed by atoms with Gasteiger partial charge in [0.2, 0.25) is 5.91 Å². The van der Waals surface area contributed by atoms with Crippen molar-refractivity contribution in [3.63, 3.8) is 0 Å². The van der Waals surface area contributed by atoms with Crippen molar-refractivity contribution >= 4 is 5.91 Å². The number of amides is 1. The SMILES string of the molecule is CC(C)C(CN)C(=O)NCCC1CCCCO1. The quantitative estimate of drug-likeness (QED) is 0.737. The summed E-state index contributed by atoms with van der Waals surface area (Å²) >= 11 is 0. The molecule has 17 heavy (non-hydrogen) atoms. The molecule has 1 saturated heterocycles. The van der Waals surface area contributed by atoms with Crippen molar-refractivity contribution in [1.29, 1.82) is 0 Å². The molecule has 0 aromatic carbocycles. The first-order chi connectivity index (χ1) is 8.15. The second-order valence-electron chi connectivity index (χ2n) is 5.15. The topological polar surface area (TPSA) is 64.4 Å². The minimum Gasteiger partial charge on any atom is -0.378 e. The fraction of sp³-hybridized carbons (Fsp3) is 0.923. The van der Waals surface area contributed by atoms with Gasteiger partial charge in [0.05, 0.1) is 12.0 Å². The molecule has 0 radical (unpaired) electrons. The standard InChI is InChI=1S/C13H26N2O2/c1-10(2)12(9-14)13(16)15-7-6-11-5-3-4-8-17-11/h10-12H,3-9,14H2,1-2H3,(H,15,16). The van der Waals surface area contributed by atoms with E-state index in [1.54, 1.807) is 0 Å². The molecular weight excluding hydrogens is 216 g/mol. The molecule has 0 aromatic heterocycles. The van der Waals surface area contributed by atoms with Crippen LogP contribution in [-0.4, -0.2) is 31.7 Å². The summed E-state index contributed by atoms with van der Waals surface area (Å²) in [5, 5.41) is 2.96.